The van der Waals surface area contributed by atoms with E-state index in [1.54, 1.807) is 32.3 Å². The lowest BCUT2D eigenvalue weighted by molar-refractivity contribution is -0.127. The number of benzene rings is 1. The molecule has 1 saturated heterocycles. The predicted molar refractivity (Wildman–Crippen MR) is 131 cm³/mol. The van der Waals surface area contributed by atoms with E-state index in [9.17, 15) is 9.18 Å². The Kier molecular flexibility index (Phi) is 13.4. The number of nitrogens with zero attached hydrogens (tertiary/aromatic N) is 3. The number of likely N-dealkylation sites (N-methyl/N-ethyl adjacent to an activating group) is 1. The Labute approximate surface area is 201 Å². The monoisotopic (exact) mass is 551 g/mol. The van der Waals surface area contributed by atoms with E-state index in [0.29, 0.717) is 25.5 Å². The molecule has 1 fully saturated rings. The van der Waals surface area contributed by atoms with Gasteiger partial charge in [-0.25, -0.2) is 9.38 Å². The number of aliphatic imine (C=N–C) groups is 1. The van der Waals surface area contributed by atoms with Gasteiger partial charge >= 0.3 is 0 Å². The standard InChI is InChI=1S/C21H34FN5O3.HI/c1-4-17(30-19-8-6-5-7-18(19)22)15-24-21(25-16-20(28)26(2)3)23-9-10-27-11-13-29-14-12-27;/h5-8,17H,4,9-16H2,1-3H3,(H2,23,24,25);1H. The van der Waals surface area contributed by atoms with Gasteiger partial charge in [-0.1, -0.05) is 19.1 Å². The van der Waals surface area contributed by atoms with Gasteiger partial charge in [0.1, 0.15) is 12.6 Å². The lowest BCUT2D eigenvalue weighted by Crippen LogP contribution is -2.46. The van der Waals surface area contributed by atoms with E-state index >= 15 is 0 Å². The predicted octanol–water partition coefficient (Wildman–Crippen LogP) is 1.56. The highest BCUT2D eigenvalue weighted by Crippen LogP contribution is 2.17. The highest BCUT2D eigenvalue weighted by atomic mass is 127. The quantitative estimate of drug-likeness (QED) is 0.261. The number of guanidine groups is 1. The number of ether oxygens (including phenoxy) is 2. The van der Waals surface area contributed by atoms with Crippen molar-refractivity contribution in [2.24, 2.45) is 4.99 Å². The van der Waals surface area contributed by atoms with Crippen LogP contribution in [0.15, 0.2) is 29.3 Å². The van der Waals surface area contributed by atoms with E-state index in [1.807, 2.05) is 6.92 Å². The number of carbonyl (C=O) groups is 1. The fourth-order valence-corrected chi connectivity index (χ4v) is 2.82. The average Bonchev–Trinajstić information content (AvgIpc) is 2.75. The first-order valence-corrected chi connectivity index (χ1v) is 10.4. The highest BCUT2D eigenvalue weighted by molar-refractivity contribution is 14.0. The zero-order valence-corrected chi connectivity index (χ0v) is 20.9. The van der Waals surface area contributed by atoms with Crippen LogP contribution in [0.1, 0.15) is 13.3 Å². The first-order valence-electron chi connectivity index (χ1n) is 10.4. The maximum atomic E-state index is 13.9. The molecule has 0 spiro atoms. The second-order valence-electron chi connectivity index (χ2n) is 7.29. The van der Waals surface area contributed by atoms with Gasteiger partial charge in [0.25, 0.3) is 0 Å². The molecule has 0 bridgehead atoms. The van der Waals surface area contributed by atoms with Gasteiger partial charge in [-0.2, -0.15) is 0 Å². The summed E-state index contributed by atoms with van der Waals surface area (Å²) in [4.78, 5) is 20.1. The van der Waals surface area contributed by atoms with Gasteiger partial charge in [-0.3, -0.25) is 9.69 Å². The summed E-state index contributed by atoms with van der Waals surface area (Å²) in [6.07, 6.45) is 0.455. The second kappa shape index (κ2) is 15.2. The van der Waals surface area contributed by atoms with E-state index in [-0.39, 0.29) is 54.1 Å². The van der Waals surface area contributed by atoms with Crippen LogP contribution in [-0.4, -0.2) is 94.3 Å². The molecule has 1 aliphatic heterocycles. The number of halogens is 2. The van der Waals surface area contributed by atoms with Crippen LogP contribution in [0.5, 0.6) is 5.75 Å². The summed E-state index contributed by atoms with van der Waals surface area (Å²) < 4.78 is 25.0. The molecule has 1 heterocycles. The number of amides is 1. The maximum Gasteiger partial charge on any atom is 0.243 e. The molecule has 31 heavy (non-hydrogen) atoms. The second-order valence-corrected chi connectivity index (χ2v) is 7.29. The molecule has 0 saturated carbocycles. The van der Waals surface area contributed by atoms with E-state index in [1.165, 1.54) is 11.0 Å². The average molecular weight is 551 g/mol. The molecule has 0 aromatic heterocycles. The topological polar surface area (TPSA) is 78.4 Å². The van der Waals surface area contributed by atoms with Gasteiger partial charge < -0.3 is 25.0 Å². The third-order valence-corrected chi connectivity index (χ3v) is 4.78. The zero-order chi connectivity index (χ0) is 21.8. The lowest BCUT2D eigenvalue weighted by atomic mass is 10.2. The fourth-order valence-electron chi connectivity index (χ4n) is 2.82. The molecule has 1 unspecified atom stereocenters. The molecule has 8 nitrogen and oxygen atoms in total. The molecule has 1 amide bonds. The van der Waals surface area contributed by atoms with Crippen molar-refractivity contribution < 1.29 is 18.7 Å². The van der Waals surface area contributed by atoms with Gasteiger partial charge in [0.15, 0.2) is 17.5 Å². The summed E-state index contributed by atoms with van der Waals surface area (Å²) in [5, 5.41) is 6.49. The zero-order valence-electron chi connectivity index (χ0n) is 18.6. The minimum Gasteiger partial charge on any atom is -0.486 e. The van der Waals surface area contributed by atoms with Crippen LogP contribution in [0.2, 0.25) is 0 Å². The van der Waals surface area contributed by atoms with Crippen LogP contribution in [0, 0.1) is 5.82 Å². The molecule has 176 valence electrons. The molecule has 0 aliphatic carbocycles. The van der Waals surface area contributed by atoms with Crippen molar-refractivity contribution in [1.82, 2.24) is 20.4 Å². The number of rotatable bonds is 10. The molecular formula is C21H35FIN5O3. The van der Waals surface area contributed by atoms with Crippen molar-refractivity contribution in [3.8, 4) is 5.75 Å². The first kappa shape index (κ1) is 27.4. The van der Waals surface area contributed by atoms with Crippen LogP contribution in [-0.2, 0) is 9.53 Å². The Morgan fingerprint density at radius 1 is 1.29 bits per heavy atom. The Morgan fingerprint density at radius 2 is 2.00 bits per heavy atom. The van der Waals surface area contributed by atoms with E-state index in [4.69, 9.17) is 9.47 Å². The number of hydrogen-bond acceptors (Lipinski definition) is 5. The van der Waals surface area contributed by atoms with E-state index < -0.39 is 0 Å². The Bertz CT molecular complexity index is 687. The van der Waals surface area contributed by atoms with Crippen molar-refractivity contribution >= 4 is 35.8 Å². The molecule has 2 rings (SSSR count). The Hall–Kier alpha value is -1.66. The fraction of sp³-hybridized carbons (Fsp3) is 0.619. The summed E-state index contributed by atoms with van der Waals surface area (Å²) in [6, 6.07) is 6.36. The van der Waals surface area contributed by atoms with Crippen molar-refractivity contribution in [3.05, 3.63) is 30.1 Å². The van der Waals surface area contributed by atoms with Crippen molar-refractivity contribution in [2.45, 2.75) is 19.4 Å². The van der Waals surface area contributed by atoms with Crippen LogP contribution in [0.3, 0.4) is 0 Å². The molecular weight excluding hydrogens is 516 g/mol. The number of para-hydroxylation sites is 1. The number of carbonyl (C=O) groups excluding carboxylic acids is 1. The van der Waals surface area contributed by atoms with E-state index in [0.717, 1.165) is 32.8 Å². The van der Waals surface area contributed by atoms with Crippen LogP contribution >= 0.6 is 24.0 Å². The van der Waals surface area contributed by atoms with Gasteiger partial charge in [0, 0.05) is 40.3 Å². The lowest BCUT2D eigenvalue weighted by Gasteiger charge is -2.27. The summed E-state index contributed by atoms with van der Waals surface area (Å²) in [6.45, 7) is 7.33. The molecule has 1 atom stereocenters. The van der Waals surface area contributed by atoms with Gasteiger partial charge in [-0.15, -0.1) is 24.0 Å². The largest absolute Gasteiger partial charge is 0.486 e. The van der Waals surface area contributed by atoms with Crippen molar-refractivity contribution in [3.63, 3.8) is 0 Å². The molecule has 1 aromatic rings. The minimum absolute atomic E-state index is 0. The number of hydrogen-bond donors (Lipinski definition) is 2. The Balaban J connectivity index is 0.00000480. The van der Waals surface area contributed by atoms with Gasteiger partial charge in [0.05, 0.1) is 19.8 Å². The highest BCUT2D eigenvalue weighted by Gasteiger charge is 2.14. The molecule has 1 aliphatic rings. The number of morpholine rings is 1. The first-order chi connectivity index (χ1) is 14.5. The normalized spacial score (nSPS) is 15.5. The van der Waals surface area contributed by atoms with Crippen LogP contribution in [0.4, 0.5) is 4.39 Å². The van der Waals surface area contributed by atoms with Gasteiger partial charge in [0.2, 0.25) is 5.91 Å². The third kappa shape index (κ3) is 10.5. The smallest absolute Gasteiger partial charge is 0.243 e. The summed E-state index contributed by atoms with van der Waals surface area (Å²) in [5.41, 5.74) is 0. The van der Waals surface area contributed by atoms with Crippen molar-refractivity contribution in [2.75, 3.05) is 66.6 Å². The summed E-state index contributed by atoms with van der Waals surface area (Å²) >= 11 is 0. The van der Waals surface area contributed by atoms with Crippen molar-refractivity contribution in [1.29, 1.82) is 0 Å². The van der Waals surface area contributed by atoms with Crippen LogP contribution < -0.4 is 15.4 Å². The third-order valence-electron chi connectivity index (χ3n) is 4.78. The van der Waals surface area contributed by atoms with Crippen LogP contribution in [0.25, 0.3) is 0 Å². The maximum absolute atomic E-state index is 13.9. The molecule has 2 N–H and O–H groups in total. The summed E-state index contributed by atoms with van der Waals surface area (Å²) in [5.74, 6) is 0.297. The minimum atomic E-state index is -0.384. The summed E-state index contributed by atoms with van der Waals surface area (Å²) in [7, 11) is 3.40. The molecule has 10 heteroatoms. The Morgan fingerprint density at radius 3 is 2.65 bits per heavy atom. The SMILES string of the molecule is CCC(CNC(=NCC(=O)N(C)C)NCCN1CCOCC1)Oc1ccccc1F.I. The molecule has 0 radical (unpaired) electrons. The van der Waals surface area contributed by atoms with E-state index in [2.05, 4.69) is 20.5 Å². The molecule has 1 aromatic carbocycles. The number of nitrogens with one attached hydrogen (secondary N) is 2. The van der Waals surface area contributed by atoms with Gasteiger partial charge in [-0.05, 0) is 18.6 Å².